The molecule has 0 amide bonds. The van der Waals surface area contributed by atoms with Crippen LogP contribution in [0.25, 0.3) is 0 Å². The predicted molar refractivity (Wildman–Crippen MR) is 567 cm³/mol. The standard InChI is InChI=1S/C122H196O14/c1-9-15-19-23-27-31-35-39-43-47-51-55-59-63-67-79-133-119-107-89-103(75-71-83-129-115(125)13-5)91-109(119)98-111-93-105(77-73-85-131-117(127)87-101(7)123)95-113(121(111)135-81-69-65-61-57-53-49-45-41-37-33-29-25-21-17-11-3)100-114-96-106(78-74-86-132-118(128)88-102(8)124)94-112(122(114)136-82-70-66-62-58-54-50-46-42-38-34-30-26-22-18-12-4)99-110-92-104(76-72-84-130-116(126)14-6)90-108(97-107)120(110)134-80-68-64-60-56-52-48-44-40-36-32-28-24-20-16-10-2/h13-14,89-96H,5-6,9-12,15-88,97-100H2,1-4,7-8H3. The van der Waals surface area contributed by atoms with E-state index in [1.165, 1.54) is 334 Å². The van der Waals surface area contributed by atoms with Crippen LogP contribution in [0.15, 0.2) is 73.8 Å². The lowest BCUT2D eigenvalue weighted by Crippen LogP contribution is -2.13. The van der Waals surface area contributed by atoms with Gasteiger partial charge in [-0.15, -0.1) is 0 Å². The van der Waals surface area contributed by atoms with Crippen molar-refractivity contribution < 1.29 is 66.7 Å². The van der Waals surface area contributed by atoms with Gasteiger partial charge in [-0.25, -0.2) is 9.59 Å². The maximum atomic E-state index is 13.1. The van der Waals surface area contributed by atoms with Crippen LogP contribution in [0, 0.1) is 0 Å². The van der Waals surface area contributed by atoms with Crippen LogP contribution in [-0.4, -0.2) is 88.3 Å². The predicted octanol–water partition coefficient (Wildman–Crippen LogP) is 33.6. The molecule has 14 heteroatoms. The number of rotatable bonds is 90. The molecular formula is C122H196O14. The summed E-state index contributed by atoms with van der Waals surface area (Å²) in [5.41, 5.74) is 12.5. The van der Waals surface area contributed by atoms with Gasteiger partial charge in [0, 0.05) is 37.8 Å². The highest BCUT2D eigenvalue weighted by molar-refractivity contribution is 5.94. The van der Waals surface area contributed by atoms with Crippen molar-refractivity contribution in [2.75, 3.05) is 52.9 Å². The molecule has 768 valence electrons. The van der Waals surface area contributed by atoms with Crippen LogP contribution >= 0.6 is 0 Å². The Hall–Kier alpha value is -7.22. The molecule has 4 aromatic carbocycles. The third kappa shape index (κ3) is 58.7. The molecule has 0 saturated carbocycles. The maximum Gasteiger partial charge on any atom is 0.330 e. The highest BCUT2D eigenvalue weighted by Gasteiger charge is 2.27. The molecule has 0 fully saturated rings. The van der Waals surface area contributed by atoms with E-state index >= 15 is 0 Å². The molecule has 5 rings (SSSR count). The van der Waals surface area contributed by atoms with Crippen LogP contribution in [0.1, 0.15) is 532 Å². The van der Waals surface area contributed by atoms with Crippen molar-refractivity contribution in [1.29, 1.82) is 0 Å². The largest absolute Gasteiger partial charge is 0.493 e. The summed E-state index contributed by atoms with van der Waals surface area (Å²) in [6.45, 7) is 22.3. The highest BCUT2D eigenvalue weighted by atomic mass is 16.5. The number of hydrogen-bond donors (Lipinski definition) is 0. The molecule has 0 aliphatic heterocycles. The summed E-state index contributed by atoms with van der Waals surface area (Å²) < 4.78 is 53.2. The minimum Gasteiger partial charge on any atom is -0.493 e. The number of unbranched alkanes of at least 4 members (excludes halogenated alkanes) is 56. The minimum absolute atomic E-state index is 0.154. The molecule has 0 aromatic heterocycles. The summed E-state index contributed by atoms with van der Waals surface area (Å²) in [6.07, 6.45) is 84.1. The zero-order valence-electron chi connectivity index (χ0n) is 87.9. The Labute approximate surface area is 830 Å². The van der Waals surface area contributed by atoms with Crippen molar-refractivity contribution in [2.24, 2.45) is 0 Å². The van der Waals surface area contributed by atoms with Gasteiger partial charge in [0.2, 0.25) is 0 Å². The number of carbonyl (C=O) groups is 6. The van der Waals surface area contributed by atoms with Crippen LogP contribution in [0.2, 0.25) is 0 Å². The second-order valence-corrected chi connectivity index (χ2v) is 40.2. The molecule has 0 atom stereocenters. The number of aryl methyl sites for hydroxylation is 4. The Morgan fingerprint density at radius 1 is 0.221 bits per heavy atom. The molecular weight excluding hydrogens is 1690 g/mol. The third-order valence-corrected chi connectivity index (χ3v) is 27.3. The van der Waals surface area contributed by atoms with Crippen molar-refractivity contribution in [1.82, 2.24) is 0 Å². The number of benzene rings is 4. The van der Waals surface area contributed by atoms with E-state index in [9.17, 15) is 28.8 Å². The van der Waals surface area contributed by atoms with Gasteiger partial charge >= 0.3 is 23.9 Å². The van der Waals surface area contributed by atoms with E-state index in [1.807, 2.05) is 0 Å². The number of ketones is 2. The first kappa shape index (κ1) is 119. The van der Waals surface area contributed by atoms with E-state index < -0.39 is 23.9 Å². The van der Waals surface area contributed by atoms with Gasteiger partial charge in [-0.2, -0.15) is 0 Å². The summed E-state index contributed by atoms with van der Waals surface area (Å²) >= 11 is 0. The second-order valence-electron chi connectivity index (χ2n) is 40.2. The van der Waals surface area contributed by atoms with Crippen molar-refractivity contribution in [2.45, 2.75) is 517 Å². The van der Waals surface area contributed by atoms with Crippen LogP contribution in [-0.2, 0) is 99.1 Å². The second kappa shape index (κ2) is 81.5. The zero-order valence-corrected chi connectivity index (χ0v) is 87.9. The number of Topliss-reactive ketones (excluding diaryl/α,β-unsaturated/α-hetero) is 2. The summed E-state index contributed by atoms with van der Waals surface area (Å²) in [4.78, 5) is 76.0. The number of esters is 4. The molecule has 1 aliphatic rings. The Morgan fingerprint density at radius 2 is 0.375 bits per heavy atom. The average molecular weight is 1890 g/mol. The first-order chi connectivity index (χ1) is 66.7. The van der Waals surface area contributed by atoms with Crippen LogP contribution < -0.4 is 18.9 Å². The normalized spacial score (nSPS) is 11.8. The van der Waals surface area contributed by atoms with E-state index in [4.69, 9.17) is 37.9 Å². The number of ether oxygens (including phenoxy) is 8. The fourth-order valence-electron chi connectivity index (χ4n) is 19.5. The first-order valence-electron chi connectivity index (χ1n) is 56.7. The quantitative estimate of drug-likeness (QED) is 0.0118. The Balaban J connectivity index is 1.76. The number of hydrogen-bond acceptors (Lipinski definition) is 14. The van der Waals surface area contributed by atoms with E-state index in [2.05, 4.69) is 89.4 Å². The molecule has 0 spiro atoms. The van der Waals surface area contributed by atoms with E-state index in [1.54, 1.807) is 0 Å². The number of fused-ring (bicyclic) bond motifs is 8. The summed E-state index contributed by atoms with van der Waals surface area (Å²) in [6, 6.07) is 18.6. The van der Waals surface area contributed by atoms with Gasteiger partial charge in [-0.3, -0.25) is 19.2 Å². The third-order valence-electron chi connectivity index (χ3n) is 27.3. The van der Waals surface area contributed by atoms with Gasteiger partial charge < -0.3 is 37.9 Å². The topological polar surface area (TPSA) is 176 Å². The Morgan fingerprint density at radius 3 is 0.529 bits per heavy atom. The molecule has 0 radical (unpaired) electrons. The van der Waals surface area contributed by atoms with E-state index in [0.29, 0.717) is 103 Å². The first-order valence-corrected chi connectivity index (χ1v) is 56.7. The van der Waals surface area contributed by atoms with Gasteiger partial charge in [-0.05, 0) is 158 Å². The summed E-state index contributed by atoms with van der Waals surface area (Å²) in [7, 11) is 0. The summed E-state index contributed by atoms with van der Waals surface area (Å²) in [5.74, 6) is 0.975. The molecule has 4 aromatic rings. The Kier molecular flexibility index (Phi) is 71.4. The molecule has 136 heavy (non-hydrogen) atoms. The van der Waals surface area contributed by atoms with Crippen molar-refractivity contribution in [3.8, 4) is 23.0 Å². The molecule has 8 bridgehead atoms. The molecule has 14 nitrogen and oxygen atoms in total. The number of carbonyl (C=O) groups excluding carboxylic acids is 6. The summed E-state index contributed by atoms with van der Waals surface area (Å²) in [5, 5.41) is 0. The van der Waals surface area contributed by atoms with Crippen LogP contribution in [0.4, 0.5) is 0 Å². The van der Waals surface area contributed by atoms with Crippen molar-refractivity contribution in [3.05, 3.63) is 141 Å². The molecule has 0 unspecified atom stereocenters. The maximum absolute atomic E-state index is 13.1. The van der Waals surface area contributed by atoms with Gasteiger partial charge in [0.25, 0.3) is 0 Å². The van der Waals surface area contributed by atoms with E-state index in [0.717, 1.165) is 167 Å². The van der Waals surface area contributed by atoms with Gasteiger partial charge in [0.15, 0.2) is 0 Å². The van der Waals surface area contributed by atoms with Gasteiger partial charge in [0.05, 0.1) is 52.9 Å². The molecule has 0 heterocycles. The van der Waals surface area contributed by atoms with Gasteiger partial charge in [-0.1, -0.05) is 449 Å². The lowest BCUT2D eigenvalue weighted by Gasteiger charge is -2.25. The smallest absolute Gasteiger partial charge is 0.330 e. The Bertz CT molecular complexity index is 3570. The molecule has 1 aliphatic carbocycles. The fourth-order valence-corrected chi connectivity index (χ4v) is 19.5. The molecule has 0 N–H and O–H groups in total. The van der Waals surface area contributed by atoms with E-state index in [-0.39, 0.29) is 50.8 Å². The van der Waals surface area contributed by atoms with Gasteiger partial charge in [0.1, 0.15) is 47.4 Å². The van der Waals surface area contributed by atoms with Crippen molar-refractivity contribution in [3.63, 3.8) is 0 Å². The lowest BCUT2D eigenvalue weighted by molar-refractivity contribution is -0.147. The zero-order chi connectivity index (χ0) is 97.4. The van der Waals surface area contributed by atoms with Crippen LogP contribution in [0.5, 0.6) is 23.0 Å². The van der Waals surface area contributed by atoms with Crippen LogP contribution in [0.3, 0.4) is 0 Å². The highest BCUT2D eigenvalue weighted by Crippen LogP contribution is 2.43. The fraction of sp³-hybridized carbons (Fsp3) is 0.721. The lowest BCUT2D eigenvalue weighted by atomic mass is 9.87. The monoisotopic (exact) mass is 1890 g/mol. The molecule has 0 saturated heterocycles. The van der Waals surface area contributed by atoms with Crippen molar-refractivity contribution >= 4 is 35.4 Å². The SMILES string of the molecule is C=CC(=O)OCCCc1cc2c(OCCCCCCCCCCCCCCCCC)c(c1)Cc1cc(CCCOC(=O)CC(C)=O)cc(c1OCCCCCCCCCCCCCCCCC)Cc1cc(CCCOC(=O)CC(C)=O)cc(c1OCCCCCCCCCCCCCCCCC)Cc1cc(CCCOC(=O)C=C)cc(c1OCCCCCCCCCCCCCCCCC)C2. The average Bonchev–Trinajstić information content (AvgIpc) is 0.771. The minimum atomic E-state index is -0.523.